The van der Waals surface area contributed by atoms with E-state index in [2.05, 4.69) is 15.5 Å². The number of furan rings is 1. The van der Waals surface area contributed by atoms with E-state index in [9.17, 15) is 14.4 Å². The van der Waals surface area contributed by atoms with Crippen LogP contribution in [-0.4, -0.2) is 27.2 Å². The van der Waals surface area contributed by atoms with E-state index in [1.165, 1.54) is 6.07 Å². The number of hydrogen-bond acceptors (Lipinski definition) is 5. The van der Waals surface area contributed by atoms with Crippen molar-refractivity contribution in [3.8, 4) is 0 Å². The number of amides is 1. The van der Waals surface area contributed by atoms with E-state index in [4.69, 9.17) is 9.52 Å². The molecule has 134 valence electrons. The Kier molecular flexibility index (Phi) is 5.74. The molecular weight excluding hydrogens is 326 g/mol. The monoisotopic (exact) mass is 347 g/mol. The normalized spacial score (nSPS) is 10.7. The lowest BCUT2D eigenvalue weighted by Crippen LogP contribution is -2.29. The van der Waals surface area contributed by atoms with E-state index in [1.807, 2.05) is 13.8 Å². The number of nitrogens with zero attached hydrogens (tertiary/aromatic N) is 1. The van der Waals surface area contributed by atoms with Gasteiger partial charge in [0, 0.05) is 24.6 Å². The van der Waals surface area contributed by atoms with Crippen molar-refractivity contribution >= 4 is 11.9 Å². The molecule has 0 spiro atoms. The van der Waals surface area contributed by atoms with Crippen molar-refractivity contribution in [1.29, 1.82) is 0 Å². The van der Waals surface area contributed by atoms with E-state index >= 15 is 0 Å². The minimum Gasteiger partial charge on any atom is -0.478 e. The molecule has 0 unspecified atom stereocenters. The van der Waals surface area contributed by atoms with Crippen LogP contribution in [0.3, 0.4) is 0 Å². The molecule has 8 nitrogen and oxygen atoms in total. The molecule has 8 heteroatoms. The molecule has 0 saturated carbocycles. The Hall–Kier alpha value is -2.90. The highest BCUT2D eigenvalue weighted by atomic mass is 16.4. The first-order valence-corrected chi connectivity index (χ1v) is 8.16. The Bertz CT molecular complexity index is 850. The summed E-state index contributed by atoms with van der Waals surface area (Å²) in [5.74, 6) is -1.57. The molecule has 0 aliphatic heterocycles. The molecule has 1 amide bonds. The minimum absolute atomic E-state index is 0.0113. The lowest BCUT2D eigenvalue weighted by molar-refractivity contribution is 0.0694. The average molecular weight is 347 g/mol. The number of carbonyl (C=O) groups is 2. The molecule has 0 aromatic carbocycles. The zero-order valence-electron chi connectivity index (χ0n) is 14.4. The van der Waals surface area contributed by atoms with Crippen LogP contribution in [0, 0.1) is 0 Å². The van der Waals surface area contributed by atoms with E-state index in [0.29, 0.717) is 24.8 Å². The minimum atomic E-state index is -1.15. The van der Waals surface area contributed by atoms with Crippen molar-refractivity contribution in [2.24, 2.45) is 0 Å². The van der Waals surface area contributed by atoms with Gasteiger partial charge in [-0.1, -0.05) is 20.8 Å². The predicted octanol–water partition coefficient (Wildman–Crippen LogP) is 1.68. The first kappa shape index (κ1) is 18.4. The largest absolute Gasteiger partial charge is 0.478 e. The number of H-pyrrole nitrogens is 1. The number of aromatic nitrogens is 2. The second kappa shape index (κ2) is 7.78. The van der Waals surface area contributed by atoms with Gasteiger partial charge in [-0.3, -0.25) is 9.59 Å². The van der Waals surface area contributed by atoms with Crippen molar-refractivity contribution < 1.29 is 19.1 Å². The Morgan fingerprint density at radius 3 is 2.44 bits per heavy atom. The molecule has 0 radical (unpaired) electrons. The quantitative estimate of drug-likeness (QED) is 0.700. The number of carboxylic acids is 1. The van der Waals surface area contributed by atoms with Crippen LogP contribution in [-0.2, 0) is 25.8 Å². The van der Waals surface area contributed by atoms with Gasteiger partial charge in [0.2, 0.25) is 0 Å². The third-order valence-corrected chi connectivity index (χ3v) is 3.98. The maximum atomic E-state index is 12.3. The van der Waals surface area contributed by atoms with Gasteiger partial charge < -0.3 is 14.8 Å². The molecule has 25 heavy (non-hydrogen) atoms. The maximum absolute atomic E-state index is 12.3. The Labute approximate surface area is 144 Å². The molecule has 2 rings (SSSR count). The van der Waals surface area contributed by atoms with Crippen LogP contribution < -0.4 is 10.9 Å². The number of carbonyl (C=O) groups excluding carboxylic acids is 1. The molecule has 0 saturated heterocycles. The summed E-state index contributed by atoms with van der Waals surface area (Å²) in [4.78, 5) is 35.5. The fourth-order valence-corrected chi connectivity index (χ4v) is 2.70. The second-order valence-electron chi connectivity index (χ2n) is 5.45. The molecule has 0 bridgehead atoms. The number of rotatable bonds is 7. The van der Waals surface area contributed by atoms with Crippen LogP contribution >= 0.6 is 0 Å². The first-order valence-electron chi connectivity index (χ1n) is 8.16. The van der Waals surface area contributed by atoms with Gasteiger partial charge in [-0.2, -0.15) is 5.10 Å². The van der Waals surface area contributed by atoms with Crippen molar-refractivity contribution in [3.63, 3.8) is 0 Å². The maximum Gasteiger partial charge on any atom is 0.339 e. The molecule has 2 aromatic rings. The SMILES string of the molecule is CCc1n[nH]c(=O)c(CNC(=O)c2cc(C(=O)O)c(CC)o2)c1CC. The summed E-state index contributed by atoms with van der Waals surface area (Å²) in [5, 5.41) is 18.2. The lowest BCUT2D eigenvalue weighted by atomic mass is 10.0. The van der Waals surface area contributed by atoms with Gasteiger partial charge in [0.25, 0.3) is 11.5 Å². The van der Waals surface area contributed by atoms with Gasteiger partial charge in [0.05, 0.1) is 5.69 Å². The number of hydrogen-bond donors (Lipinski definition) is 3. The van der Waals surface area contributed by atoms with Crippen LogP contribution in [0.5, 0.6) is 0 Å². The highest BCUT2D eigenvalue weighted by molar-refractivity contribution is 5.96. The van der Waals surface area contributed by atoms with Gasteiger partial charge in [-0.25, -0.2) is 9.89 Å². The Balaban J connectivity index is 2.24. The summed E-state index contributed by atoms with van der Waals surface area (Å²) in [6.45, 7) is 5.60. The molecular formula is C17H21N3O5. The molecule has 0 fully saturated rings. The summed E-state index contributed by atoms with van der Waals surface area (Å²) >= 11 is 0. The van der Waals surface area contributed by atoms with E-state index in [-0.39, 0.29) is 29.2 Å². The Morgan fingerprint density at radius 1 is 1.20 bits per heavy atom. The first-order chi connectivity index (χ1) is 11.9. The van der Waals surface area contributed by atoms with Crippen molar-refractivity contribution in [1.82, 2.24) is 15.5 Å². The molecule has 0 aliphatic carbocycles. The van der Waals surface area contributed by atoms with Gasteiger partial charge in [-0.15, -0.1) is 0 Å². The van der Waals surface area contributed by atoms with Crippen LogP contribution in [0.15, 0.2) is 15.3 Å². The number of aryl methyl sites for hydroxylation is 2. The fourth-order valence-electron chi connectivity index (χ4n) is 2.70. The molecule has 0 aliphatic rings. The van der Waals surface area contributed by atoms with E-state index in [0.717, 1.165) is 11.3 Å². The highest BCUT2D eigenvalue weighted by Gasteiger charge is 2.20. The van der Waals surface area contributed by atoms with Crippen LogP contribution in [0.4, 0.5) is 0 Å². The molecule has 0 atom stereocenters. The number of carboxylic acid groups (broad SMARTS) is 1. The van der Waals surface area contributed by atoms with Crippen LogP contribution in [0.25, 0.3) is 0 Å². The zero-order valence-corrected chi connectivity index (χ0v) is 14.4. The molecule has 2 aromatic heterocycles. The van der Waals surface area contributed by atoms with Gasteiger partial charge in [-0.05, 0) is 18.4 Å². The van der Waals surface area contributed by atoms with Gasteiger partial charge in [0.15, 0.2) is 5.76 Å². The summed E-state index contributed by atoms with van der Waals surface area (Å²) in [7, 11) is 0. The van der Waals surface area contributed by atoms with Gasteiger partial charge >= 0.3 is 5.97 Å². The van der Waals surface area contributed by atoms with Crippen molar-refractivity contribution in [2.45, 2.75) is 46.6 Å². The van der Waals surface area contributed by atoms with Crippen LogP contribution in [0.1, 0.15) is 64.3 Å². The standard InChI is InChI=1S/C17H21N3O5/c1-4-9-11(15(21)20-19-12(9)5-2)8-18-16(22)14-7-10(17(23)24)13(6-3)25-14/h7H,4-6,8H2,1-3H3,(H,18,22)(H,20,21)(H,23,24). The predicted molar refractivity (Wildman–Crippen MR) is 89.8 cm³/mol. The number of aromatic carboxylic acids is 1. The molecule has 2 heterocycles. The van der Waals surface area contributed by atoms with E-state index in [1.54, 1.807) is 6.92 Å². The summed E-state index contributed by atoms with van der Waals surface area (Å²) in [6.07, 6.45) is 1.65. The number of nitrogens with one attached hydrogen (secondary N) is 2. The van der Waals surface area contributed by atoms with Crippen LogP contribution in [0.2, 0.25) is 0 Å². The smallest absolute Gasteiger partial charge is 0.339 e. The van der Waals surface area contributed by atoms with Crippen molar-refractivity contribution in [2.75, 3.05) is 0 Å². The summed E-state index contributed by atoms with van der Waals surface area (Å²) in [5.41, 5.74) is 1.66. The summed E-state index contributed by atoms with van der Waals surface area (Å²) < 4.78 is 5.32. The highest BCUT2D eigenvalue weighted by Crippen LogP contribution is 2.17. The van der Waals surface area contributed by atoms with Crippen molar-refractivity contribution in [3.05, 3.63) is 50.3 Å². The third kappa shape index (κ3) is 3.78. The zero-order chi connectivity index (χ0) is 18.6. The Morgan fingerprint density at radius 2 is 1.92 bits per heavy atom. The lowest BCUT2D eigenvalue weighted by Gasteiger charge is -2.10. The van der Waals surface area contributed by atoms with E-state index < -0.39 is 11.9 Å². The topological polar surface area (TPSA) is 125 Å². The average Bonchev–Trinajstić information content (AvgIpc) is 3.04. The molecule has 3 N–H and O–H groups in total. The fraction of sp³-hybridized carbons (Fsp3) is 0.412. The third-order valence-electron chi connectivity index (χ3n) is 3.98. The number of aromatic amines is 1. The summed E-state index contributed by atoms with van der Waals surface area (Å²) in [6, 6.07) is 1.20. The second-order valence-corrected chi connectivity index (χ2v) is 5.45. The van der Waals surface area contributed by atoms with Gasteiger partial charge in [0.1, 0.15) is 11.3 Å².